The van der Waals surface area contributed by atoms with E-state index in [1.165, 1.54) is 0 Å². The second kappa shape index (κ2) is 7.52. The van der Waals surface area contributed by atoms with Crippen molar-refractivity contribution in [1.29, 1.82) is 0 Å². The number of likely N-dealkylation sites (N-methyl/N-ethyl adjacent to an activating group) is 1. The molecule has 0 aliphatic heterocycles. The van der Waals surface area contributed by atoms with Crippen LogP contribution in [0.1, 0.15) is 54.4 Å². The summed E-state index contributed by atoms with van der Waals surface area (Å²) < 4.78 is 0. The molecule has 0 aliphatic rings. The highest BCUT2D eigenvalue weighted by Gasteiger charge is 2.30. The molecule has 0 saturated heterocycles. The number of rotatable bonds is 7. The van der Waals surface area contributed by atoms with Gasteiger partial charge in [0.25, 0.3) is 5.91 Å². The number of carbonyl (C=O) groups excluding carboxylic acids is 2. The maximum Gasteiger partial charge on any atom is 0.291 e. The molecule has 4 nitrogen and oxygen atoms in total. The predicted molar refractivity (Wildman–Crippen MR) is 74.5 cm³/mol. The first kappa shape index (κ1) is 17.1. The molecule has 0 fully saturated rings. The quantitative estimate of drug-likeness (QED) is 0.709. The summed E-state index contributed by atoms with van der Waals surface area (Å²) in [7, 11) is 0. The molecule has 0 aromatic carbocycles. The van der Waals surface area contributed by atoms with E-state index in [4.69, 9.17) is 0 Å². The molecule has 18 heavy (non-hydrogen) atoms. The molecule has 0 heterocycles. The highest BCUT2D eigenvalue weighted by atomic mass is 16.2. The van der Waals surface area contributed by atoms with Crippen molar-refractivity contribution in [2.75, 3.05) is 13.1 Å². The van der Waals surface area contributed by atoms with E-state index < -0.39 is 0 Å². The van der Waals surface area contributed by atoms with Gasteiger partial charge in [-0.25, -0.2) is 0 Å². The smallest absolute Gasteiger partial charge is 0.291 e. The first-order valence-corrected chi connectivity index (χ1v) is 6.87. The molecule has 0 spiro atoms. The van der Waals surface area contributed by atoms with E-state index in [0.29, 0.717) is 19.5 Å². The minimum Gasteiger partial charge on any atom is -0.337 e. The lowest BCUT2D eigenvalue weighted by Crippen LogP contribution is -2.52. The van der Waals surface area contributed by atoms with Crippen LogP contribution < -0.4 is 5.32 Å². The van der Waals surface area contributed by atoms with Gasteiger partial charge in [-0.3, -0.25) is 9.59 Å². The normalized spacial score (nSPS) is 13.2. The van der Waals surface area contributed by atoms with Crippen molar-refractivity contribution >= 4 is 11.7 Å². The van der Waals surface area contributed by atoms with Gasteiger partial charge in [0.15, 0.2) is 0 Å². The molecule has 106 valence electrons. The lowest BCUT2D eigenvalue weighted by molar-refractivity contribution is -0.145. The Morgan fingerprint density at radius 1 is 1.11 bits per heavy atom. The highest BCUT2D eigenvalue weighted by Crippen LogP contribution is 2.08. The molecule has 0 bridgehead atoms. The summed E-state index contributed by atoms with van der Waals surface area (Å²) in [6.07, 6.45) is 1.58. The first-order chi connectivity index (χ1) is 8.26. The zero-order valence-electron chi connectivity index (χ0n) is 12.7. The van der Waals surface area contributed by atoms with Crippen molar-refractivity contribution in [3.63, 3.8) is 0 Å². The molecule has 0 aromatic heterocycles. The molecule has 0 radical (unpaired) electrons. The number of nitrogens with one attached hydrogen (secondary N) is 1. The molecule has 1 unspecified atom stereocenters. The summed E-state index contributed by atoms with van der Waals surface area (Å²) in [5.74, 6) is -0.675. The third kappa shape index (κ3) is 5.63. The van der Waals surface area contributed by atoms with E-state index in [-0.39, 0.29) is 23.3 Å². The topological polar surface area (TPSA) is 49.4 Å². The van der Waals surface area contributed by atoms with Crippen LogP contribution in [0.5, 0.6) is 0 Å². The van der Waals surface area contributed by atoms with Gasteiger partial charge in [-0.15, -0.1) is 0 Å². The van der Waals surface area contributed by atoms with E-state index >= 15 is 0 Å². The van der Waals surface area contributed by atoms with Gasteiger partial charge < -0.3 is 10.2 Å². The van der Waals surface area contributed by atoms with Crippen molar-refractivity contribution in [2.24, 2.45) is 0 Å². The molecular weight excluding hydrogens is 228 g/mol. The second-order valence-electron chi connectivity index (χ2n) is 5.58. The second-order valence-corrected chi connectivity index (χ2v) is 5.58. The van der Waals surface area contributed by atoms with Crippen molar-refractivity contribution in [1.82, 2.24) is 10.2 Å². The molecule has 0 aliphatic carbocycles. The minimum atomic E-state index is -0.372. The largest absolute Gasteiger partial charge is 0.337 e. The zero-order chi connectivity index (χ0) is 14.3. The van der Waals surface area contributed by atoms with Crippen molar-refractivity contribution in [3.05, 3.63) is 0 Å². The molecular formula is C14H28N2O2. The predicted octanol–water partition coefficient (Wildman–Crippen LogP) is 1.98. The molecule has 1 N–H and O–H groups in total. The van der Waals surface area contributed by atoms with E-state index in [2.05, 4.69) is 5.32 Å². The summed E-state index contributed by atoms with van der Waals surface area (Å²) in [6.45, 7) is 13.0. The number of hydrogen-bond acceptors (Lipinski definition) is 3. The molecule has 0 aromatic rings. The number of amides is 1. The highest BCUT2D eigenvalue weighted by molar-refractivity contribution is 6.38. The Morgan fingerprint density at radius 2 is 1.61 bits per heavy atom. The minimum absolute atomic E-state index is 0.168. The van der Waals surface area contributed by atoms with Crippen LogP contribution in [0.3, 0.4) is 0 Å². The third-order valence-corrected chi connectivity index (χ3v) is 2.76. The van der Waals surface area contributed by atoms with Crippen LogP contribution in [0.25, 0.3) is 0 Å². The van der Waals surface area contributed by atoms with E-state index in [0.717, 1.165) is 6.42 Å². The maximum absolute atomic E-state index is 12.2. The summed E-state index contributed by atoms with van der Waals surface area (Å²) in [5, 5.41) is 3.24. The van der Waals surface area contributed by atoms with Crippen LogP contribution in [-0.2, 0) is 9.59 Å². The fourth-order valence-electron chi connectivity index (χ4n) is 1.90. The van der Waals surface area contributed by atoms with Crippen LogP contribution in [0, 0.1) is 0 Å². The van der Waals surface area contributed by atoms with Crippen molar-refractivity contribution in [2.45, 2.75) is 66.0 Å². The van der Waals surface area contributed by atoms with E-state index in [1.54, 1.807) is 4.90 Å². The van der Waals surface area contributed by atoms with Crippen LogP contribution in [-0.4, -0.2) is 41.3 Å². The van der Waals surface area contributed by atoms with Crippen LogP contribution in [0.15, 0.2) is 0 Å². The maximum atomic E-state index is 12.2. The lowest BCUT2D eigenvalue weighted by atomic mass is 10.0. The zero-order valence-corrected chi connectivity index (χ0v) is 12.7. The van der Waals surface area contributed by atoms with Gasteiger partial charge in [0.1, 0.15) is 0 Å². The van der Waals surface area contributed by atoms with Gasteiger partial charge >= 0.3 is 0 Å². The summed E-state index contributed by atoms with van der Waals surface area (Å²) >= 11 is 0. The van der Waals surface area contributed by atoms with Crippen LogP contribution in [0.2, 0.25) is 0 Å². The molecule has 0 saturated carbocycles. The molecule has 1 atom stereocenters. The summed E-state index contributed by atoms with van der Waals surface area (Å²) in [4.78, 5) is 25.8. The monoisotopic (exact) mass is 256 g/mol. The van der Waals surface area contributed by atoms with Gasteiger partial charge in [-0.05, 0) is 41.0 Å². The Balaban J connectivity index is 4.80. The van der Waals surface area contributed by atoms with Crippen LogP contribution >= 0.6 is 0 Å². The van der Waals surface area contributed by atoms with Crippen molar-refractivity contribution < 1.29 is 9.59 Å². The fraction of sp³-hybridized carbons (Fsp3) is 0.857. The van der Waals surface area contributed by atoms with E-state index in [9.17, 15) is 9.59 Å². The number of nitrogens with zero attached hydrogens (tertiary/aromatic N) is 1. The summed E-state index contributed by atoms with van der Waals surface area (Å²) in [6, 6.07) is -0.372. The van der Waals surface area contributed by atoms with Gasteiger partial charge in [0.05, 0.1) is 6.04 Å². The average molecular weight is 256 g/mol. The standard InChI is InChI=1S/C14H28N2O2/c1-7-10-11(15-14(4,5)6)12(17)13(18)16(8-2)9-3/h11,15H,7-10H2,1-6H3. The SMILES string of the molecule is CCCC(NC(C)(C)C)C(=O)C(=O)N(CC)CC. The van der Waals surface area contributed by atoms with Crippen molar-refractivity contribution in [3.8, 4) is 0 Å². The third-order valence-electron chi connectivity index (χ3n) is 2.76. The van der Waals surface area contributed by atoms with E-state index in [1.807, 2.05) is 41.5 Å². The average Bonchev–Trinajstić information content (AvgIpc) is 2.27. The van der Waals surface area contributed by atoms with Gasteiger partial charge in [0.2, 0.25) is 5.78 Å². The number of ketones is 1. The number of hydrogen-bond donors (Lipinski definition) is 1. The Hall–Kier alpha value is -0.900. The number of carbonyl (C=O) groups is 2. The Kier molecular flexibility index (Phi) is 7.14. The fourth-order valence-corrected chi connectivity index (χ4v) is 1.90. The Bertz CT molecular complexity index is 278. The number of Topliss-reactive ketones (excluding diaryl/α,β-unsaturated/α-hetero) is 1. The van der Waals surface area contributed by atoms with Gasteiger partial charge in [-0.2, -0.15) is 0 Å². The first-order valence-electron chi connectivity index (χ1n) is 6.87. The summed E-state index contributed by atoms with van der Waals surface area (Å²) in [5.41, 5.74) is -0.168. The van der Waals surface area contributed by atoms with Crippen LogP contribution in [0.4, 0.5) is 0 Å². The van der Waals surface area contributed by atoms with Gasteiger partial charge in [-0.1, -0.05) is 13.3 Å². The Morgan fingerprint density at radius 3 is 1.94 bits per heavy atom. The van der Waals surface area contributed by atoms with Gasteiger partial charge in [0, 0.05) is 18.6 Å². The molecule has 1 amide bonds. The Labute approximate surface area is 111 Å². The lowest BCUT2D eigenvalue weighted by Gasteiger charge is -2.28. The molecule has 0 rings (SSSR count). The molecule has 4 heteroatoms.